The quantitative estimate of drug-likeness (QED) is 0.266. The Labute approximate surface area is 163 Å². The van der Waals surface area contributed by atoms with E-state index in [4.69, 9.17) is 0 Å². The molecule has 23 heavy (non-hydrogen) atoms. The fourth-order valence-corrected chi connectivity index (χ4v) is 5.35. The number of rotatable bonds is 3. The van der Waals surface area contributed by atoms with Gasteiger partial charge in [0.2, 0.25) is 0 Å². The van der Waals surface area contributed by atoms with Gasteiger partial charge >= 0.3 is 0 Å². The molecule has 5 heteroatoms. The van der Waals surface area contributed by atoms with Crippen molar-refractivity contribution in [1.29, 1.82) is 0 Å². The minimum Gasteiger partial charge on any atom is -0.207 e. The van der Waals surface area contributed by atoms with Crippen LogP contribution < -0.4 is 0 Å². The van der Waals surface area contributed by atoms with Crippen LogP contribution in [0.3, 0.4) is 0 Å². The standard InChI is InChI=1S/C18H11F2I2S/c19-12-4-6-14(7-5-12)23(15-3-1-2-13(20)10-15)16-8-9-17(21)18(22)11-16/h1-11H/q+1. The molecule has 0 radical (unpaired) electrons. The molecule has 0 saturated heterocycles. The molecule has 0 saturated carbocycles. The Morgan fingerprint density at radius 3 is 1.91 bits per heavy atom. The van der Waals surface area contributed by atoms with Crippen LogP contribution in [-0.2, 0) is 10.9 Å². The normalized spacial score (nSPS) is 12.2. The smallest absolute Gasteiger partial charge is 0.169 e. The highest BCUT2D eigenvalue weighted by molar-refractivity contribution is 14.1. The van der Waals surface area contributed by atoms with Gasteiger partial charge in [0, 0.05) is 19.3 Å². The zero-order valence-electron chi connectivity index (χ0n) is 11.8. The van der Waals surface area contributed by atoms with Gasteiger partial charge in [0.05, 0.1) is 10.9 Å². The lowest BCUT2D eigenvalue weighted by Gasteiger charge is -2.09. The lowest BCUT2D eigenvalue weighted by molar-refractivity contribution is 0.623. The third-order valence-electron chi connectivity index (χ3n) is 3.21. The predicted octanol–water partition coefficient (Wildman–Crippen LogP) is 6.27. The Kier molecular flexibility index (Phi) is 5.58. The van der Waals surface area contributed by atoms with E-state index in [9.17, 15) is 8.78 Å². The fourth-order valence-electron chi connectivity index (χ4n) is 2.18. The van der Waals surface area contributed by atoms with Gasteiger partial charge in [0.1, 0.15) is 11.6 Å². The third-order valence-corrected chi connectivity index (χ3v) is 8.27. The van der Waals surface area contributed by atoms with Crippen LogP contribution in [0, 0.1) is 18.8 Å². The average molecular weight is 551 g/mol. The number of hydrogen-bond donors (Lipinski definition) is 0. The van der Waals surface area contributed by atoms with Crippen LogP contribution in [0.15, 0.2) is 81.4 Å². The summed E-state index contributed by atoms with van der Waals surface area (Å²) in [6, 6.07) is 19.3. The highest BCUT2D eigenvalue weighted by atomic mass is 127. The van der Waals surface area contributed by atoms with E-state index in [1.54, 1.807) is 24.3 Å². The van der Waals surface area contributed by atoms with E-state index in [1.165, 1.54) is 21.8 Å². The van der Waals surface area contributed by atoms with E-state index in [0.29, 0.717) is 0 Å². The Morgan fingerprint density at radius 2 is 1.26 bits per heavy atom. The highest BCUT2D eigenvalue weighted by Gasteiger charge is 2.29. The first-order valence-electron chi connectivity index (χ1n) is 6.75. The lowest BCUT2D eigenvalue weighted by Crippen LogP contribution is -2.06. The second-order valence-electron chi connectivity index (χ2n) is 4.79. The second-order valence-corrected chi connectivity index (χ2v) is 9.14. The Morgan fingerprint density at radius 1 is 0.609 bits per heavy atom. The largest absolute Gasteiger partial charge is 0.207 e. The monoisotopic (exact) mass is 551 g/mol. The van der Waals surface area contributed by atoms with Gasteiger partial charge in [-0.3, -0.25) is 0 Å². The first kappa shape index (κ1) is 17.2. The molecule has 0 aliphatic rings. The van der Waals surface area contributed by atoms with Crippen molar-refractivity contribution < 1.29 is 8.78 Å². The van der Waals surface area contributed by atoms with Gasteiger partial charge < -0.3 is 0 Å². The van der Waals surface area contributed by atoms with E-state index < -0.39 is 10.9 Å². The van der Waals surface area contributed by atoms with E-state index in [2.05, 4.69) is 63.4 Å². The van der Waals surface area contributed by atoms with Gasteiger partial charge in [-0.2, -0.15) is 0 Å². The van der Waals surface area contributed by atoms with Crippen LogP contribution in [0.2, 0.25) is 0 Å². The maximum absolute atomic E-state index is 13.7. The molecule has 0 heterocycles. The molecule has 0 fully saturated rings. The Hall–Kier alpha value is -0.670. The first-order valence-corrected chi connectivity index (χ1v) is 10.1. The second kappa shape index (κ2) is 7.48. The van der Waals surface area contributed by atoms with Crippen molar-refractivity contribution in [3.8, 4) is 0 Å². The molecule has 0 aliphatic carbocycles. The lowest BCUT2D eigenvalue weighted by atomic mass is 10.3. The summed E-state index contributed by atoms with van der Waals surface area (Å²) in [5, 5.41) is 0. The highest BCUT2D eigenvalue weighted by Crippen LogP contribution is 2.33. The van der Waals surface area contributed by atoms with Crippen molar-refractivity contribution >= 4 is 56.1 Å². The van der Waals surface area contributed by atoms with Gasteiger partial charge in [-0.1, -0.05) is 6.07 Å². The summed E-state index contributed by atoms with van der Waals surface area (Å²) in [6.45, 7) is 0. The molecule has 0 N–H and O–H groups in total. The first-order chi connectivity index (χ1) is 11.0. The van der Waals surface area contributed by atoms with Crippen molar-refractivity contribution in [2.75, 3.05) is 0 Å². The van der Waals surface area contributed by atoms with E-state index in [-0.39, 0.29) is 11.6 Å². The van der Waals surface area contributed by atoms with Crippen molar-refractivity contribution in [3.63, 3.8) is 0 Å². The predicted molar refractivity (Wildman–Crippen MR) is 107 cm³/mol. The summed E-state index contributed by atoms with van der Waals surface area (Å²) in [5.41, 5.74) is 0. The Bertz CT molecular complexity index is 835. The van der Waals surface area contributed by atoms with Gasteiger partial charge in [-0.05, 0) is 93.7 Å². The summed E-state index contributed by atoms with van der Waals surface area (Å²) >= 11 is 4.59. The summed E-state index contributed by atoms with van der Waals surface area (Å²) in [6.07, 6.45) is 0. The summed E-state index contributed by atoms with van der Waals surface area (Å²) in [4.78, 5) is 2.94. The molecular weight excluding hydrogens is 540 g/mol. The molecule has 3 aromatic carbocycles. The molecule has 0 spiro atoms. The summed E-state index contributed by atoms with van der Waals surface area (Å²) < 4.78 is 29.3. The van der Waals surface area contributed by atoms with E-state index in [0.717, 1.165) is 18.3 Å². The maximum Gasteiger partial charge on any atom is 0.169 e. The topological polar surface area (TPSA) is 0 Å². The minimum atomic E-state index is -0.467. The zero-order chi connectivity index (χ0) is 16.4. The molecule has 1 unspecified atom stereocenters. The van der Waals surface area contributed by atoms with E-state index in [1.807, 2.05) is 6.07 Å². The van der Waals surface area contributed by atoms with E-state index >= 15 is 0 Å². The molecule has 0 nitrogen and oxygen atoms in total. The maximum atomic E-state index is 13.7. The fraction of sp³-hybridized carbons (Fsp3) is 0. The van der Waals surface area contributed by atoms with Crippen LogP contribution in [0.1, 0.15) is 0 Å². The van der Waals surface area contributed by atoms with Gasteiger partial charge in [-0.25, -0.2) is 8.78 Å². The number of halogens is 4. The van der Waals surface area contributed by atoms with Crippen molar-refractivity contribution in [2.24, 2.45) is 0 Å². The molecule has 0 amide bonds. The van der Waals surface area contributed by atoms with Crippen molar-refractivity contribution in [1.82, 2.24) is 0 Å². The summed E-state index contributed by atoms with van der Waals surface area (Å²) in [7, 11) is -0.467. The third kappa shape index (κ3) is 4.06. The number of hydrogen-bond acceptors (Lipinski definition) is 0. The zero-order valence-corrected chi connectivity index (χ0v) is 16.9. The Balaban J connectivity index is 2.16. The van der Waals surface area contributed by atoms with Gasteiger partial charge in [-0.15, -0.1) is 0 Å². The average Bonchev–Trinajstić information content (AvgIpc) is 2.53. The van der Waals surface area contributed by atoms with Crippen molar-refractivity contribution in [2.45, 2.75) is 14.7 Å². The van der Waals surface area contributed by atoms with Crippen LogP contribution >= 0.6 is 45.2 Å². The number of benzene rings is 3. The molecule has 3 rings (SSSR count). The van der Waals surface area contributed by atoms with Crippen LogP contribution in [0.5, 0.6) is 0 Å². The summed E-state index contributed by atoms with van der Waals surface area (Å²) in [5.74, 6) is -0.531. The van der Waals surface area contributed by atoms with Gasteiger partial charge in [0.15, 0.2) is 14.7 Å². The molecule has 3 aromatic rings. The molecular formula is C18H11F2I2S+. The molecule has 116 valence electrons. The molecule has 0 bridgehead atoms. The SMILES string of the molecule is Fc1ccc([S+](c2cccc(F)c2)c2ccc(I)c(I)c2)cc1. The van der Waals surface area contributed by atoms with Crippen LogP contribution in [0.4, 0.5) is 8.78 Å². The minimum absolute atomic E-state index is 0.262. The molecule has 0 aromatic heterocycles. The van der Waals surface area contributed by atoms with Crippen LogP contribution in [0.25, 0.3) is 0 Å². The van der Waals surface area contributed by atoms with Crippen molar-refractivity contribution in [3.05, 3.63) is 85.5 Å². The van der Waals surface area contributed by atoms with Gasteiger partial charge in [0.25, 0.3) is 0 Å². The molecule has 0 aliphatic heterocycles. The molecule has 1 atom stereocenters. The van der Waals surface area contributed by atoms with Crippen LogP contribution in [-0.4, -0.2) is 0 Å².